The highest BCUT2D eigenvalue weighted by molar-refractivity contribution is 7.86. The van der Waals surface area contributed by atoms with E-state index >= 15 is 0 Å². The number of ketones is 1. The van der Waals surface area contributed by atoms with E-state index in [1.165, 1.54) is 0 Å². The van der Waals surface area contributed by atoms with Crippen molar-refractivity contribution < 1.29 is 22.5 Å². The van der Waals surface area contributed by atoms with Crippen LogP contribution >= 0.6 is 0 Å². The van der Waals surface area contributed by atoms with E-state index in [1.54, 1.807) is 31.4 Å². The fourth-order valence-corrected chi connectivity index (χ4v) is 6.44. The lowest BCUT2D eigenvalue weighted by Gasteiger charge is -2.41. The van der Waals surface area contributed by atoms with Gasteiger partial charge in [0, 0.05) is 6.42 Å². The minimum absolute atomic E-state index is 0.0140. The van der Waals surface area contributed by atoms with Gasteiger partial charge in [0.2, 0.25) is 0 Å². The van der Waals surface area contributed by atoms with Crippen molar-refractivity contribution in [3.63, 3.8) is 0 Å². The highest BCUT2D eigenvalue weighted by atomic mass is 32.2. The van der Waals surface area contributed by atoms with E-state index in [0.29, 0.717) is 18.6 Å². The lowest BCUT2D eigenvalue weighted by atomic mass is 9.65. The van der Waals surface area contributed by atoms with E-state index in [2.05, 4.69) is 0 Å². The molecule has 0 aromatic heterocycles. The van der Waals surface area contributed by atoms with Crippen LogP contribution < -0.4 is 4.74 Å². The first-order chi connectivity index (χ1) is 11.1. The largest absolute Gasteiger partial charge is 0.497 e. The van der Waals surface area contributed by atoms with Crippen LogP contribution in [0.15, 0.2) is 24.3 Å². The third kappa shape index (κ3) is 2.39. The van der Waals surface area contributed by atoms with Crippen LogP contribution in [0, 0.1) is 16.7 Å². The number of fused-ring (bicyclic) bond motifs is 2. The second-order valence-electron chi connectivity index (χ2n) is 7.61. The molecule has 1 aromatic carbocycles. The van der Waals surface area contributed by atoms with Crippen LogP contribution in [0.25, 0.3) is 0 Å². The van der Waals surface area contributed by atoms with Crippen molar-refractivity contribution in [1.29, 1.82) is 0 Å². The molecule has 132 valence electrons. The molecule has 2 bridgehead atoms. The molecular formula is C18H24O5S. The minimum atomic E-state index is -4.36. The molecule has 2 aliphatic rings. The van der Waals surface area contributed by atoms with Crippen LogP contribution in [-0.2, 0) is 21.3 Å². The average molecular weight is 352 g/mol. The van der Waals surface area contributed by atoms with Crippen LogP contribution in [0.1, 0.15) is 38.7 Å². The van der Waals surface area contributed by atoms with Crippen molar-refractivity contribution in [2.24, 2.45) is 16.7 Å². The van der Waals surface area contributed by atoms with Gasteiger partial charge in [-0.3, -0.25) is 9.35 Å². The first-order valence-corrected chi connectivity index (χ1v) is 9.76. The average Bonchev–Trinajstić information content (AvgIpc) is 2.87. The molecule has 2 fully saturated rings. The van der Waals surface area contributed by atoms with Crippen molar-refractivity contribution in [3.8, 4) is 5.75 Å². The summed E-state index contributed by atoms with van der Waals surface area (Å²) >= 11 is 0. The van der Waals surface area contributed by atoms with Gasteiger partial charge < -0.3 is 4.74 Å². The van der Waals surface area contributed by atoms with Gasteiger partial charge in [-0.2, -0.15) is 8.42 Å². The molecule has 0 amide bonds. The molecule has 0 aliphatic heterocycles. The molecule has 3 atom stereocenters. The lowest BCUT2D eigenvalue weighted by molar-refractivity contribution is -0.129. The summed E-state index contributed by atoms with van der Waals surface area (Å²) in [5.41, 5.74) is -0.644. The second kappa shape index (κ2) is 5.56. The molecule has 24 heavy (non-hydrogen) atoms. The topological polar surface area (TPSA) is 80.7 Å². The highest BCUT2D eigenvalue weighted by Crippen LogP contribution is 2.66. The Kier molecular flexibility index (Phi) is 4.04. The maximum atomic E-state index is 12.8. The molecule has 0 radical (unpaired) electrons. The first kappa shape index (κ1) is 17.4. The van der Waals surface area contributed by atoms with Gasteiger partial charge in [0.1, 0.15) is 16.8 Å². The fraction of sp³-hybridized carbons (Fsp3) is 0.611. The summed E-state index contributed by atoms with van der Waals surface area (Å²) in [6, 6.07) is 7.08. The second-order valence-corrected chi connectivity index (χ2v) is 9.21. The third-order valence-corrected chi connectivity index (χ3v) is 7.76. The summed E-state index contributed by atoms with van der Waals surface area (Å²) in [7, 11) is -2.80. The summed E-state index contributed by atoms with van der Waals surface area (Å²) in [6.07, 6.45) is 1.92. The quantitative estimate of drug-likeness (QED) is 0.824. The van der Waals surface area contributed by atoms with E-state index in [1.807, 2.05) is 13.8 Å². The number of carbonyl (C=O) groups excluding carboxylic acids is 1. The molecule has 5 nitrogen and oxygen atoms in total. The van der Waals surface area contributed by atoms with Gasteiger partial charge in [-0.05, 0) is 48.3 Å². The smallest absolute Gasteiger partial charge is 0.269 e. The van der Waals surface area contributed by atoms with E-state index in [0.717, 1.165) is 12.0 Å². The number of methoxy groups -OCH3 is 1. The Morgan fingerprint density at radius 3 is 2.33 bits per heavy atom. The molecule has 0 heterocycles. The van der Waals surface area contributed by atoms with E-state index in [-0.39, 0.29) is 18.1 Å². The van der Waals surface area contributed by atoms with Crippen molar-refractivity contribution >= 4 is 15.9 Å². The van der Waals surface area contributed by atoms with Gasteiger partial charge in [-0.25, -0.2) is 0 Å². The first-order valence-electron chi connectivity index (χ1n) is 8.25. The van der Waals surface area contributed by atoms with Gasteiger partial charge >= 0.3 is 0 Å². The van der Waals surface area contributed by atoms with Crippen molar-refractivity contribution in [2.75, 3.05) is 7.11 Å². The van der Waals surface area contributed by atoms with Gasteiger partial charge in [0.25, 0.3) is 10.1 Å². The molecule has 0 saturated heterocycles. The fourth-order valence-electron chi connectivity index (χ4n) is 4.98. The van der Waals surface area contributed by atoms with Gasteiger partial charge in [0.15, 0.2) is 0 Å². The van der Waals surface area contributed by atoms with Crippen molar-refractivity contribution in [1.82, 2.24) is 0 Å². The third-order valence-electron chi connectivity index (χ3n) is 6.48. The Morgan fingerprint density at radius 1 is 1.29 bits per heavy atom. The Balaban J connectivity index is 2.03. The minimum Gasteiger partial charge on any atom is -0.497 e. The van der Waals surface area contributed by atoms with Gasteiger partial charge in [-0.1, -0.05) is 26.0 Å². The van der Waals surface area contributed by atoms with Crippen molar-refractivity contribution in [2.45, 2.75) is 44.8 Å². The number of ether oxygens (including phenoxy) is 1. The molecule has 1 N–H and O–H groups in total. The zero-order valence-electron chi connectivity index (χ0n) is 14.3. The maximum absolute atomic E-state index is 12.8. The SMILES string of the molecule is COc1ccc(CC(C23CCC(CC2=O)C3(C)C)S(=O)(=O)O)cc1. The van der Waals surface area contributed by atoms with Gasteiger partial charge in [0.05, 0.1) is 12.5 Å². The number of hydrogen-bond donors (Lipinski definition) is 1. The highest BCUT2D eigenvalue weighted by Gasteiger charge is 2.69. The Labute approximate surface area is 143 Å². The van der Waals surface area contributed by atoms with Gasteiger partial charge in [-0.15, -0.1) is 0 Å². The summed E-state index contributed by atoms with van der Waals surface area (Å²) in [6.45, 7) is 3.95. The number of carbonyl (C=O) groups is 1. The predicted molar refractivity (Wildman–Crippen MR) is 90.6 cm³/mol. The van der Waals surface area contributed by atoms with Crippen LogP contribution in [0.3, 0.4) is 0 Å². The van der Waals surface area contributed by atoms with E-state index in [9.17, 15) is 17.8 Å². The van der Waals surface area contributed by atoms with E-state index in [4.69, 9.17) is 4.74 Å². The summed E-state index contributed by atoms with van der Waals surface area (Å²) < 4.78 is 39.6. The molecule has 6 heteroatoms. The molecule has 1 aromatic rings. The molecule has 2 aliphatic carbocycles. The molecule has 3 unspecified atom stereocenters. The summed E-state index contributed by atoms with van der Waals surface area (Å²) in [5.74, 6) is 0.864. The Bertz CT molecular complexity index is 750. The number of rotatable bonds is 5. The van der Waals surface area contributed by atoms with Crippen LogP contribution in [0.4, 0.5) is 0 Å². The standard InChI is InChI=1S/C18H24O5S/c1-17(2)13-8-9-18(17,15(19)11-13)16(24(20,21)22)10-12-4-6-14(23-3)7-5-12/h4-7,13,16H,8-11H2,1-3H3,(H,20,21,22). The Hall–Kier alpha value is -1.40. The zero-order chi connectivity index (χ0) is 17.8. The predicted octanol–water partition coefficient (Wildman–Crippen LogP) is 2.89. The monoisotopic (exact) mass is 352 g/mol. The Morgan fingerprint density at radius 2 is 1.92 bits per heavy atom. The molecule has 2 saturated carbocycles. The number of Topliss-reactive ketones (excluding diaryl/α,β-unsaturated/α-hetero) is 1. The molecular weight excluding hydrogens is 328 g/mol. The van der Waals surface area contributed by atoms with Crippen LogP contribution in [0.2, 0.25) is 0 Å². The molecule has 0 spiro atoms. The number of hydrogen-bond acceptors (Lipinski definition) is 4. The summed E-state index contributed by atoms with van der Waals surface area (Å²) in [4.78, 5) is 12.8. The van der Waals surface area contributed by atoms with E-state index < -0.39 is 26.2 Å². The van der Waals surface area contributed by atoms with Crippen LogP contribution in [0.5, 0.6) is 5.75 Å². The molecule has 3 rings (SSSR count). The van der Waals surface area contributed by atoms with Crippen LogP contribution in [-0.4, -0.2) is 31.1 Å². The lowest BCUT2D eigenvalue weighted by Crippen LogP contribution is -2.51. The summed E-state index contributed by atoms with van der Waals surface area (Å²) in [5, 5.41) is -1.10. The van der Waals surface area contributed by atoms with Crippen molar-refractivity contribution in [3.05, 3.63) is 29.8 Å². The normalized spacial score (nSPS) is 29.7. The maximum Gasteiger partial charge on any atom is 0.269 e. The zero-order valence-corrected chi connectivity index (χ0v) is 15.1. The number of benzene rings is 1.